The van der Waals surface area contributed by atoms with Crippen LogP contribution in [0.1, 0.15) is 28.8 Å². The number of non-ortho nitro benzene ring substituents is 1. The second kappa shape index (κ2) is 5.95. The third-order valence-electron chi connectivity index (χ3n) is 6.46. The first kappa shape index (κ1) is 16.4. The molecular weight excluding hydrogens is 362 g/mol. The molecule has 142 valence electrons. The molecule has 6 rings (SSSR count). The van der Waals surface area contributed by atoms with Crippen molar-refractivity contribution in [1.29, 1.82) is 0 Å². The van der Waals surface area contributed by atoms with E-state index in [1.54, 1.807) is 12.1 Å². The molecule has 3 heterocycles. The van der Waals surface area contributed by atoms with Crippen molar-refractivity contribution < 1.29 is 4.92 Å². The van der Waals surface area contributed by atoms with Gasteiger partial charge in [0.1, 0.15) is 0 Å². The SMILES string of the molecule is O=[N+]([O-])c1ccc2c(c1)[C@H](c1ccccc1)[C@@H]1Cn3c(cc4ccccc43)[C@@H]1N2. The van der Waals surface area contributed by atoms with Gasteiger partial charge in [-0.3, -0.25) is 10.1 Å². The normalized spacial score (nSPS) is 21.9. The summed E-state index contributed by atoms with van der Waals surface area (Å²) in [5.41, 5.74) is 5.90. The zero-order chi connectivity index (χ0) is 19.5. The van der Waals surface area contributed by atoms with E-state index in [1.807, 2.05) is 24.3 Å². The van der Waals surface area contributed by atoms with Crippen molar-refractivity contribution in [2.45, 2.75) is 18.5 Å². The smallest absolute Gasteiger partial charge is 0.269 e. The Morgan fingerprint density at radius 1 is 0.966 bits per heavy atom. The van der Waals surface area contributed by atoms with Gasteiger partial charge in [0.15, 0.2) is 0 Å². The van der Waals surface area contributed by atoms with E-state index in [2.05, 4.69) is 52.3 Å². The van der Waals surface area contributed by atoms with Crippen molar-refractivity contribution >= 4 is 22.3 Å². The summed E-state index contributed by atoms with van der Waals surface area (Å²) in [6.45, 7) is 0.891. The summed E-state index contributed by atoms with van der Waals surface area (Å²) in [4.78, 5) is 11.1. The topological polar surface area (TPSA) is 60.1 Å². The maximum absolute atomic E-state index is 11.4. The molecule has 0 unspecified atom stereocenters. The van der Waals surface area contributed by atoms with Gasteiger partial charge in [0.2, 0.25) is 0 Å². The van der Waals surface area contributed by atoms with Gasteiger partial charge in [0, 0.05) is 47.4 Å². The van der Waals surface area contributed by atoms with Crippen LogP contribution in [0.3, 0.4) is 0 Å². The van der Waals surface area contributed by atoms with Crippen LogP contribution in [-0.2, 0) is 6.54 Å². The predicted octanol–water partition coefficient (Wildman–Crippen LogP) is 5.48. The lowest BCUT2D eigenvalue weighted by Crippen LogP contribution is -2.30. The fraction of sp³-hybridized carbons (Fsp3) is 0.167. The molecule has 0 saturated carbocycles. The molecule has 3 aromatic carbocycles. The van der Waals surface area contributed by atoms with Gasteiger partial charge in [-0.2, -0.15) is 0 Å². The molecule has 4 aromatic rings. The molecule has 2 aliphatic rings. The Morgan fingerprint density at radius 3 is 2.59 bits per heavy atom. The molecule has 5 nitrogen and oxygen atoms in total. The van der Waals surface area contributed by atoms with Crippen molar-refractivity contribution in [1.82, 2.24) is 4.57 Å². The number of nitro benzene ring substituents is 1. The van der Waals surface area contributed by atoms with Gasteiger partial charge in [-0.1, -0.05) is 48.5 Å². The van der Waals surface area contributed by atoms with Crippen LogP contribution >= 0.6 is 0 Å². The molecule has 1 N–H and O–H groups in total. The first-order valence-electron chi connectivity index (χ1n) is 9.89. The molecule has 0 radical (unpaired) electrons. The standard InChI is InChI=1S/C24H19N3O2/c28-27(29)17-10-11-20-18(13-17)23(15-6-2-1-3-7-15)19-14-26-21-9-5-4-8-16(21)12-22(26)24(19)25-20/h1-13,19,23-25H,14H2/t19-,23-,24+/m0/s1. The van der Waals surface area contributed by atoms with E-state index >= 15 is 0 Å². The molecule has 0 fully saturated rings. The van der Waals surface area contributed by atoms with Crippen molar-refractivity contribution in [3.05, 3.63) is 106 Å². The average molecular weight is 381 g/mol. The lowest BCUT2D eigenvalue weighted by Gasteiger charge is -2.37. The fourth-order valence-electron chi connectivity index (χ4n) is 5.25. The number of hydrogen-bond donors (Lipinski definition) is 1. The van der Waals surface area contributed by atoms with Crippen LogP contribution in [0.4, 0.5) is 11.4 Å². The number of nitrogens with one attached hydrogen (secondary N) is 1. The molecule has 0 spiro atoms. The number of aromatic nitrogens is 1. The van der Waals surface area contributed by atoms with Gasteiger partial charge < -0.3 is 9.88 Å². The third kappa shape index (κ3) is 2.34. The number of fused-ring (bicyclic) bond motifs is 6. The quantitative estimate of drug-likeness (QED) is 0.369. The number of rotatable bonds is 2. The van der Waals surface area contributed by atoms with Gasteiger partial charge in [0.25, 0.3) is 5.69 Å². The summed E-state index contributed by atoms with van der Waals surface area (Å²) in [5.74, 6) is 0.405. The van der Waals surface area contributed by atoms with Gasteiger partial charge >= 0.3 is 0 Å². The summed E-state index contributed by atoms with van der Waals surface area (Å²) < 4.78 is 2.41. The Bertz CT molecular complexity index is 1260. The second-order valence-corrected chi connectivity index (χ2v) is 7.94. The van der Waals surface area contributed by atoms with Crippen LogP contribution in [0.2, 0.25) is 0 Å². The van der Waals surface area contributed by atoms with Crippen molar-refractivity contribution in [3.8, 4) is 0 Å². The molecule has 2 aliphatic heterocycles. The van der Waals surface area contributed by atoms with Gasteiger partial charge in [-0.15, -0.1) is 0 Å². The Kier molecular flexibility index (Phi) is 3.36. The minimum Gasteiger partial charge on any atom is -0.376 e. The number of benzene rings is 3. The zero-order valence-electron chi connectivity index (χ0n) is 15.7. The fourth-order valence-corrected chi connectivity index (χ4v) is 5.25. The summed E-state index contributed by atoms with van der Waals surface area (Å²) in [6.07, 6.45) is 0. The second-order valence-electron chi connectivity index (χ2n) is 7.94. The number of hydrogen-bond acceptors (Lipinski definition) is 3. The highest BCUT2D eigenvalue weighted by molar-refractivity contribution is 5.82. The van der Waals surface area contributed by atoms with E-state index in [-0.39, 0.29) is 22.6 Å². The molecule has 1 aromatic heterocycles. The molecule has 0 aliphatic carbocycles. The van der Waals surface area contributed by atoms with E-state index in [0.717, 1.165) is 17.8 Å². The minimum atomic E-state index is -0.305. The van der Waals surface area contributed by atoms with Crippen LogP contribution in [-0.4, -0.2) is 9.49 Å². The van der Waals surface area contributed by atoms with Crippen LogP contribution in [0.25, 0.3) is 10.9 Å². The van der Waals surface area contributed by atoms with Crippen LogP contribution in [0, 0.1) is 16.0 Å². The highest BCUT2D eigenvalue weighted by atomic mass is 16.6. The summed E-state index contributed by atoms with van der Waals surface area (Å²) in [7, 11) is 0. The highest BCUT2D eigenvalue weighted by Crippen LogP contribution is 2.53. The summed E-state index contributed by atoms with van der Waals surface area (Å²) >= 11 is 0. The molecule has 3 atom stereocenters. The maximum Gasteiger partial charge on any atom is 0.269 e. The van der Waals surface area contributed by atoms with Gasteiger partial charge in [-0.25, -0.2) is 0 Å². The Morgan fingerprint density at radius 2 is 1.76 bits per heavy atom. The monoisotopic (exact) mass is 381 g/mol. The van der Waals surface area contributed by atoms with Crippen molar-refractivity contribution in [2.75, 3.05) is 5.32 Å². The average Bonchev–Trinajstić information content (AvgIpc) is 3.28. The Labute approximate surface area is 167 Å². The Balaban J connectivity index is 1.55. The molecule has 0 bridgehead atoms. The lowest BCUT2D eigenvalue weighted by atomic mass is 9.74. The van der Waals surface area contributed by atoms with E-state index < -0.39 is 0 Å². The Hall–Kier alpha value is -3.60. The number of nitrogens with zero attached hydrogens (tertiary/aromatic N) is 2. The first-order valence-corrected chi connectivity index (χ1v) is 9.89. The number of anilines is 1. The van der Waals surface area contributed by atoms with E-state index in [1.165, 1.54) is 22.2 Å². The largest absolute Gasteiger partial charge is 0.376 e. The van der Waals surface area contributed by atoms with E-state index in [9.17, 15) is 10.1 Å². The molecule has 0 amide bonds. The summed E-state index contributed by atoms with van der Waals surface area (Å²) in [6, 6.07) is 26.6. The molecule has 29 heavy (non-hydrogen) atoms. The third-order valence-corrected chi connectivity index (χ3v) is 6.46. The van der Waals surface area contributed by atoms with Crippen LogP contribution < -0.4 is 5.32 Å². The van der Waals surface area contributed by atoms with Crippen LogP contribution in [0.5, 0.6) is 0 Å². The van der Waals surface area contributed by atoms with E-state index in [4.69, 9.17) is 0 Å². The highest BCUT2D eigenvalue weighted by Gasteiger charge is 2.44. The lowest BCUT2D eigenvalue weighted by molar-refractivity contribution is -0.384. The van der Waals surface area contributed by atoms with Gasteiger partial charge in [-0.05, 0) is 34.7 Å². The molecule has 0 saturated heterocycles. The number of para-hydroxylation sites is 1. The van der Waals surface area contributed by atoms with Crippen molar-refractivity contribution in [3.63, 3.8) is 0 Å². The van der Waals surface area contributed by atoms with Crippen LogP contribution in [0.15, 0.2) is 78.9 Å². The van der Waals surface area contributed by atoms with Gasteiger partial charge in [0.05, 0.1) is 11.0 Å². The minimum absolute atomic E-state index is 0.107. The van der Waals surface area contributed by atoms with E-state index in [0.29, 0.717) is 5.92 Å². The zero-order valence-corrected chi connectivity index (χ0v) is 15.7. The first-order chi connectivity index (χ1) is 14.2. The maximum atomic E-state index is 11.4. The number of nitro groups is 1. The molecule has 5 heteroatoms. The summed E-state index contributed by atoms with van der Waals surface area (Å²) in [5, 5.41) is 16.4. The molecular formula is C24H19N3O2. The van der Waals surface area contributed by atoms with Crippen molar-refractivity contribution in [2.24, 2.45) is 5.92 Å². The predicted molar refractivity (Wildman–Crippen MR) is 113 cm³/mol.